The van der Waals surface area contributed by atoms with Gasteiger partial charge in [-0.05, 0) is 18.9 Å². The number of nitrogens with zero attached hydrogens (tertiary/aromatic N) is 1. The first-order valence-corrected chi connectivity index (χ1v) is 8.50. The number of thioether (sulfide) groups is 1. The van der Waals surface area contributed by atoms with Gasteiger partial charge in [-0.1, -0.05) is 54.3 Å². The molecule has 1 rings (SSSR count). The predicted octanol–water partition coefficient (Wildman–Crippen LogP) is 4.40. The number of carbonyl (C=O) groups is 1. The van der Waals surface area contributed by atoms with E-state index in [0.29, 0.717) is 4.20 Å². The Morgan fingerprint density at radius 2 is 2.05 bits per heavy atom. The molecule has 1 atom stereocenters. The van der Waals surface area contributed by atoms with E-state index in [0.717, 1.165) is 13.8 Å². The predicted molar refractivity (Wildman–Crippen MR) is 96.0 cm³/mol. The molecule has 7 heteroatoms. The first-order chi connectivity index (χ1) is 9.88. The summed E-state index contributed by atoms with van der Waals surface area (Å²) >= 11 is 6.53. The molecule has 0 aliphatic rings. The maximum atomic E-state index is 10.6. The molecular weight excluding hydrogens is 505 g/mol. The van der Waals surface area contributed by atoms with Gasteiger partial charge in [0.25, 0.3) is 0 Å². The number of hydrogen-bond acceptors (Lipinski definition) is 4. The molecule has 0 aliphatic heterocycles. The SMILES string of the molecule is C=P[CH2-].CC(C#N)(CCC(=O)O)SC(=S)c1ccccc1.[W]. The Morgan fingerprint density at radius 3 is 2.45 bits per heavy atom. The number of carboxylic acid groups (broad SMARTS) is 1. The molecule has 0 radical (unpaired) electrons. The standard InChI is InChI=1S/C13H13NO2S2.C2H4P.W/c1-13(9-14,8-7-11(15)16)18-12(17)10-5-3-2-4-6-10;1-3-2;/h2-6H,7-8H2,1H3,(H,15,16);1-2H2;/q;-1;. The van der Waals surface area contributed by atoms with Crippen molar-refractivity contribution < 1.29 is 31.0 Å². The summed E-state index contributed by atoms with van der Waals surface area (Å²) in [5, 5.41) is 17.8. The minimum Gasteiger partial charge on any atom is -0.481 e. The summed E-state index contributed by atoms with van der Waals surface area (Å²) in [4.78, 5) is 10.6. The number of nitriles is 1. The quantitative estimate of drug-likeness (QED) is 0.353. The van der Waals surface area contributed by atoms with E-state index in [4.69, 9.17) is 17.3 Å². The summed E-state index contributed by atoms with van der Waals surface area (Å²) in [7, 11) is 0.917. The van der Waals surface area contributed by atoms with Crippen LogP contribution in [0.5, 0.6) is 0 Å². The van der Waals surface area contributed by atoms with Crippen LogP contribution in [0, 0.1) is 18.0 Å². The summed E-state index contributed by atoms with van der Waals surface area (Å²) in [5.41, 5.74) is 0.884. The van der Waals surface area contributed by atoms with Crippen molar-refractivity contribution in [2.24, 2.45) is 0 Å². The fraction of sp³-hybridized carbons (Fsp3) is 0.267. The van der Waals surface area contributed by atoms with Gasteiger partial charge in [0.2, 0.25) is 0 Å². The van der Waals surface area contributed by atoms with Crippen molar-refractivity contribution in [3.05, 3.63) is 42.6 Å². The Bertz CT molecular complexity index is 534. The van der Waals surface area contributed by atoms with Crippen LogP contribution in [0.15, 0.2) is 30.3 Å². The van der Waals surface area contributed by atoms with E-state index >= 15 is 0 Å². The number of aliphatic carboxylic acids is 1. The van der Waals surface area contributed by atoms with Gasteiger partial charge in [-0.2, -0.15) is 5.26 Å². The van der Waals surface area contributed by atoms with Crippen LogP contribution in [0.1, 0.15) is 25.3 Å². The molecule has 0 heterocycles. The minimum absolute atomic E-state index is 0. The molecule has 1 aromatic rings. The van der Waals surface area contributed by atoms with Gasteiger partial charge >= 0.3 is 5.97 Å². The van der Waals surface area contributed by atoms with Crippen LogP contribution in [-0.4, -0.2) is 26.3 Å². The molecule has 0 aromatic heterocycles. The van der Waals surface area contributed by atoms with E-state index in [2.05, 4.69) is 19.0 Å². The van der Waals surface area contributed by atoms with E-state index in [9.17, 15) is 10.1 Å². The fourth-order valence-electron chi connectivity index (χ4n) is 1.31. The third-order valence-corrected chi connectivity index (χ3v) is 4.03. The number of hydrogen-bond donors (Lipinski definition) is 1. The second-order valence-electron chi connectivity index (χ2n) is 4.22. The Kier molecular flexibility index (Phi) is 14.0. The van der Waals surface area contributed by atoms with Gasteiger partial charge in [0, 0.05) is 27.5 Å². The molecule has 0 saturated carbocycles. The molecular formula is C15H17NO2PS2W-. The van der Waals surface area contributed by atoms with Crippen molar-refractivity contribution >= 4 is 48.6 Å². The third-order valence-electron chi connectivity index (χ3n) is 2.38. The van der Waals surface area contributed by atoms with Crippen LogP contribution in [-0.2, 0) is 25.9 Å². The summed E-state index contributed by atoms with van der Waals surface area (Å²) < 4.78 is -0.185. The Balaban J connectivity index is 0. The molecule has 3 nitrogen and oxygen atoms in total. The second-order valence-corrected chi connectivity index (χ2v) is 6.84. The zero-order valence-corrected chi connectivity index (χ0v) is 17.7. The molecule has 1 unspecified atom stereocenters. The molecule has 0 saturated heterocycles. The first kappa shape index (κ1) is 23.7. The van der Waals surface area contributed by atoms with E-state index < -0.39 is 10.7 Å². The molecule has 22 heavy (non-hydrogen) atoms. The summed E-state index contributed by atoms with van der Waals surface area (Å²) in [6.45, 7) is 5.07. The molecule has 1 aromatic carbocycles. The van der Waals surface area contributed by atoms with Gasteiger partial charge in [-0.15, -0.1) is 6.30 Å². The smallest absolute Gasteiger partial charge is 0.303 e. The van der Waals surface area contributed by atoms with Gasteiger partial charge in [-0.25, -0.2) is 0 Å². The number of carboxylic acids is 1. The molecule has 0 bridgehead atoms. The van der Waals surface area contributed by atoms with Gasteiger partial charge in [0.1, 0.15) is 4.75 Å². The third kappa shape index (κ3) is 10.2. The number of thiocarbonyl (C=S) groups is 1. The van der Waals surface area contributed by atoms with Crippen LogP contribution in [0.4, 0.5) is 0 Å². The van der Waals surface area contributed by atoms with Crippen molar-refractivity contribution in [1.82, 2.24) is 0 Å². The van der Waals surface area contributed by atoms with E-state index in [-0.39, 0.29) is 33.9 Å². The molecule has 0 fully saturated rings. The maximum Gasteiger partial charge on any atom is 0.303 e. The topological polar surface area (TPSA) is 61.1 Å². The molecule has 1 N–H and O–H groups in total. The number of rotatable bonds is 5. The van der Waals surface area contributed by atoms with Crippen molar-refractivity contribution in [2.45, 2.75) is 24.5 Å². The van der Waals surface area contributed by atoms with Crippen molar-refractivity contribution in [3.63, 3.8) is 0 Å². The van der Waals surface area contributed by atoms with Crippen LogP contribution in [0.2, 0.25) is 0 Å². The number of benzene rings is 1. The minimum atomic E-state index is -0.900. The molecule has 118 valence electrons. The van der Waals surface area contributed by atoms with Crippen molar-refractivity contribution in [1.29, 1.82) is 5.26 Å². The zero-order chi connectivity index (χ0) is 16.3. The van der Waals surface area contributed by atoms with Crippen LogP contribution in [0.3, 0.4) is 0 Å². The summed E-state index contributed by atoms with van der Waals surface area (Å²) in [5.74, 6) is -0.900. The zero-order valence-electron chi connectivity index (χ0n) is 12.2. The monoisotopic (exact) mass is 522 g/mol. The first-order valence-electron chi connectivity index (χ1n) is 6.01. The van der Waals surface area contributed by atoms with Gasteiger partial charge in [0.15, 0.2) is 0 Å². The van der Waals surface area contributed by atoms with E-state index in [1.807, 2.05) is 30.3 Å². The van der Waals surface area contributed by atoms with Crippen LogP contribution in [0.25, 0.3) is 0 Å². The molecule has 0 aliphatic carbocycles. The van der Waals surface area contributed by atoms with E-state index in [1.54, 1.807) is 6.92 Å². The second kappa shape index (κ2) is 13.0. The Morgan fingerprint density at radius 1 is 1.55 bits per heavy atom. The molecule has 0 amide bonds. The Hall–Kier alpha value is -0.522. The normalized spacial score (nSPS) is 11.9. The van der Waals surface area contributed by atoms with E-state index in [1.165, 1.54) is 11.8 Å². The average Bonchev–Trinajstić information content (AvgIpc) is 2.47. The van der Waals surface area contributed by atoms with Gasteiger partial charge in [0.05, 0.1) is 10.3 Å². The van der Waals surface area contributed by atoms with Gasteiger partial charge in [-0.3, -0.25) is 11.5 Å². The van der Waals surface area contributed by atoms with Crippen LogP contribution >= 0.6 is 32.2 Å². The largest absolute Gasteiger partial charge is 0.481 e. The van der Waals surface area contributed by atoms with Crippen molar-refractivity contribution in [2.75, 3.05) is 0 Å². The fourth-order valence-corrected chi connectivity index (χ4v) is 2.91. The maximum absolute atomic E-state index is 10.6. The van der Waals surface area contributed by atoms with Crippen molar-refractivity contribution in [3.8, 4) is 6.07 Å². The Labute approximate surface area is 157 Å². The average molecular weight is 522 g/mol. The van der Waals surface area contributed by atoms with Crippen LogP contribution < -0.4 is 0 Å². The molecule has 0 spiro atoms. The van der Waals surface area contributed by atoms with Gasteiger partial charge < -0.3 is 13.3 Å². The summed E-state index contributed by atoms with van der Waals surface area (Å²) in [6, 6.07) is 11.6. The summed E-state index contributed by atoms with van der Waals surface area (Å²) in [6.07, 6.45) is 3.59.